The number of nitrogens with two attached hydrogens (primary N) is 1. The van der Waals surface area contributed by atoms with Crippen LogP contribution >= 0.6 is 0 Å². The third-order valence-electron chi connectivity index (χ3n) is 6.75. The van der Waals surface area contributed by atoms with Crippen molar-refractivity contribution in [2.45, 2.75) is 76.5 Å². The summed E-state index contributed by atoms with van der Waals surface area (Å²) < 4.78 is 0. The quantitative estimate of drug-likeness (QED) is 0.397. The van der Waals surface area contributed by atoms with Crippen LogP contribution in [0.25, 0.3) is 0 Å². The van der Waals surface area contributed by atoms with Gasteiger partial charge >= 0.3 is 5.97 Å². The fourth-order valence-corrected chi connectivity index (χ4v) is 4.65. The van der Waals surface area contributed by atoms with Crippen LogP contribution in [0, 0.1) is 5.92 Å². The van der Waals surface area contributed by atoms with Crippen LogP contribution in [0.5, 0.6) is 0 Å². The van der Waals surface area contributed by atoms with E-state index in [0.29, 0.717) is 45.2 Å². The molecule has 0 saturated carbocycles. The Hall–Kier alpha value is -2.95. The van der Waals surface area contributed by atoms with E-state index in [4.69, 9.17) is 5.73 Å². The number of aliphatic carboxylic acids is 1. The van der Waals surface area contributed by atoms with Crippen molar-refractivity contribution in [1.29, 1.82) is 0 Å². The van der Waals surface area contributed by atoms with Gasteiger partial charge in [0.1, 0.15) is 18.1 Å². The zero-order chi connectivity index (χ0) is 24.1. The van der Waals surface area contributed by atoms with Crippen LogP contribution in [0.1, 0.15) is 51.6 Å². The second-order valence-corrected chi connectivity index (χ2v) is 8.98. The van der Waals surface area contributed by atoms with Crippen molar-refractivity contribution in [3.63, 3.8) is 0 Å². The third-order valence-corrected chi connectivity index (χ3v) is 6.75. The van der Waals surface area contributed by atoms with Crippen molar-refractivity contribution in [1.82, 2.24) is 25.1 Å². The molecule has 0 spiro atoms. The summed E-state index contributed by atoms with van der Waals surface area (Å²) in [4.78, 5) is 60.8. The first-order valence-corrected chi connectivity index (χ1v) is 11.6. The van der Waals surface area contributed by atoms with Gasteiger partial charge in [0.15, 0.2) is 0 Å². The molecule has 2 aliphatic heterocycles. The lowest BCUT2D eigenvalue weighted by Crippen LogP contribution is -2.57. The predicted octanol–water partition coefficient (Wildman–Crippen LogP) is -0.123. The molecule has 3 rings (SSSR count). The van der Waals surface area contributed by atoms with E-state index < -0.39 is 36.0 Å². The molecule has 0 bridgehead atoms. The van der Waals surface area contributed by atoms with Crippen LogP contribution in [0.4, 0.5) is 0 Å². The molecule has 2 fully saturated rings. The summed E-state index contributed by atoms with van der Waals surface area (Å²) >= 11 is 0. The van der Waals surface area contributed by atoms with E-state index in [1.807, 2.05) is 6.92 Å². The van der Waals surface area contributed by atoms with Crippen LogP contribution in [0.3, 0.4) is 0 Å². The second kappa shape index (κ2) is 10.8. The zero-order valence-electron chi connectivity index (χ0n) is 19.2. The number of likely N-dealkylation sites (tertiary alicyclic amines) is 2. The summed E-state index contributed by atoms with van der Waals surface area (Å²) in [5.74, 6) is -2.37. The first kappa shape index (κ1) is 24.7. The van der Waals surface area contributed by atoms with Crippen molar-refractivity contribution in [2.75, 3.05) is 13.1 Å². The average Bonchev–Trinajstić information content (AvgIpc) is 3.56. The molecule has 0 aliphatic carbocycles. The highest BCUT2D eigenvalue weighted by Gasteiger charge is 2.43. The number of hydrogen-bond donors (Lipinski definition) is 4. The molecule has 2 saturated heterocycles. The van der Waals surface area contributed by atoms with Gasteiger partial charge in [0, 0.05) is 31.4 Å². The number of nitrogens with zero attached hydrogens (tertiary/aromatic N) is 3. The number of carboxylic acids is 1. The van der Waals surface area contributed by atoms with Gasteiger partial charge in [-0.25, -0.2) is 9.78 Å². The maximum absolute atomic E-state index is 13.4. The Morgan fingerprint density at radius 1 is 1.21 bits per heavy atom. The highest BCUT2D eigenvalue weighted by atomic mass is 16.4. The zero-order valence-corrected chi connectivity index (χ0v) is 19.2. The lowest BCUT2D eigenvalue weighted by atomic mass is 9.98. The lowest BCUT2D eigenvalue weighted by molar-refractivity contribution is -0.148. The Labute approximate surface area is 193 Å². The molecule has 5 atom stereocenters. The molecule has 1 aromatic heterocycles. The molecular weight excluding hydrogens is 428 g/mol. The van der Waals surface area contributed by atoms with Crippen LogP contribution in [-0.4, -0.2) is 85.8 Å². The predicted molar refractivity (Wildman–Crippen MR) is 119 cm³/mol. The van der Waals surface area contributed by atoms with Crippen molar-refractivity contribution in [3.8, 4) is 0 Å². The number of carbonyl (C=O) groups excluding carboxylic acids is 3. The standard InChI is InChI=1S/C22H34N6O5/c1-3-13(2)18(22(32)33)26-19(29)16-6-4-8-27(16)21(31)17-7-5-9-28(17)20(30)15(23)10-14-11-24-12-25-14/h11-13,15-18H,3-10,23H2,1-2H3,(H,24,25)(H,26,29)(H,32,33). The van der Waals surface area contributed by atoms with Crippen LogP contribution < -0.4 is 11.1 Å². The molecule has 182 valence electrons. The number of hydrogen-bond acceptors (Lipinski definition) is 6. The van der Waals surface area contributed by atoms with Crippen molar-refractivity contribution in [2.24, 2.45) is 11.7 Å². The molecule has 33 heavy (non-hydrogen) atoms. The lowest BCUT2D eigenvalue weighted by Gasteiger charge is -2.32. The molecule has 0 aromatic carbocycles. The Bertz CT molecular complexity index is 859. The van der Waals surface area contributed by atoms with E-state index in [2.05, 4.69) is 15.3 Å². The van der Waals surface area contributed by atoms with Gasteiger partial charge < -0.3 is 30.9 Å². The summed E-state index contributed by atoms with van der Waals surface area (Å²) in [6.07, 6.45) is 6.31. The van der Waals surface area contributed by atoms with Crippen molar-refractivity contribution >= 4 is 23.7 Å². The molecule has 11 heteroatoms. The van der Waals surface area contributed by atoms with Crippen molar-refractivity contribution < 1.29 is 24.3 Å². The highest BCUT2D eigenvalue weighted by molar-refractivity contribution is 5.95. The van der Waals surface area contributed by atoms with E-state index in [9.17, 15) is 24.3 Å². The number of carboxylic acid groups (broad SMARTS) is 1. The van der Waals surface area contributed by atoms with E-state index in [-0.39, 0.29) is 24.2 Å². The monoisotopic (exact) mass is 462 g/mol. The van der Waals surface area contributed by atoms with Gasteiger partial charge in [-0.2, -0.15) is 0 Å². The van der Waals surface area contributed by atoms with Gasteiger partial charge in [0.25, 0.3) is 0 Å². The number of aromatic amines is 1. The fraction of sp³-hybridized carbons (Fsp3) is 0.682. The summed E-state index contributed by atoms with van der Waals surface area (Å²) in [7, 11) is 0. The van der Waals surface area contributed by atoms with Gasteiger partial charge in [-0.05, 0) is 31.6 Å². The number of imidazole rings is 1. The third kappa shape index (κ3) is 5.52. The van der Waals surface area contributed by atoms with Gasteiger partial charge in [0.05, 0.1) is 12.4 Å². The van der Waals surface area contributed by atoms with Gasteiger partial charge in [-0.15, -0.1) is 0 Å². The minimum absolute atomic E-state index is 0.240. The Balaban J connectivity index is 1.67. The fourth-order valence-electron chi connectivity index (χ4n) is 4.65. The SMILES string of the molecule is CCC(C)C(NC(=O)C1CCCN1C(=O)C1CCCN1C(=O)C(N)Cc1cnc[nH]1)C(=O)O. The average molecular weight is 463 g/mol. The summed E-state index contributed by atoms with van der Waals surface area (Å²) in [5, 5.41) is 12.1. The van der Waals surface area contributed by atoms with Gasteiger partial charge in [0.2, 0.25) is 17.7 Å². The number of nitrogens with one attached hydrogen (secondary N) is 2. The Morgan fingerprint density at radius 2 is 1.88 bits per heavy atom. The normalized spacial score (nSPS) is 23.2. The number of amides is 3. The molecule has 1 aromatic rings. The molecule has 11 nitrogen and oxygen atoms in total. The number of H-pyrrole nitrogens is 1. The first-order chi connectivity index (χ1) is 15.7. The minimum Gasteiger partial charge on any atom is -0.480 e. The molecule has 3 amide bonds. The molecule has 2 aliphatic rings. The Morgan fingerprint density at radius 3 is 2.48 bits per heavy atom. The highest BCUT2D eigenvalue weighted by Crippen LogP contribution is 2.26. The van der Waals surface area contributed by atoms with E-state index >= 15 is 0 Å². The second-order valence-electron chi connectivity index (χ2n) is 8.98. The van der Waals surface area contributed by atoms with Gasteiger partial charge in [-0.3, -0.25) is 14.4 Å². The number of rotatable bonds is 9. The van der Waals surface area contributed by atoms with Crippen LogP contribution in [0.15, 0.2) is 12.5 Å². The topological polar surface area (TPSA) is 162 Å². The first-order valence-electron chi connectivity index (χ1n) is 11.6. The molecular formula is C22H34N6O5. The summed E-state index contributed by atoms with van der Waals surface area (Å²) in [6, 6.07) is -3.21. The van der Waals surface area contributed by atoms with E-state index in [0.717, 1.165) is 5.69 Å². The maximum Gasteiger partial charge on any atom is 0.326 e. The Kier molecular flexibility index (Phi) is 8.06. The van der Waals surface area contributed by atoms with E-state index in [1.165, 1.54) is 16.1 Å². The van der Waals surface area contributed by atoms with Crippen molar-refractivity contribution in [3.05, 3.63) is 18.2 Å². The summed E-state index contributed by atoms with van der Waals surface area (Å²) in [5.41, 5.74) is 6.86. The number of aromatic nitrogens is 2. The molecule has 3 heterocycles. The van der Waals surface area contributed by atoms with Crippen LogP contribution in [-0.2, 0) is 25.6 Å². The summed E-state index contributed by atoms with van der Waals surface area (Å²) in [6.45, 7) is 4.47. The molecule has 0 radical (unpaired) electrons. The van der Waals surface area contributed by atoms with Gasteiger partial charge in [-0.1, -0.05) is 20.3 Å². The number of carbonyl (C=O) groups is 4. The minimum atomic E-state index is -1.09. The molecule has 5 N–H and O–H groups in total. The molecule has 5 unspecified atom stereocenters. The smallest absolute Gasteiger partial charge is 0.326 e. The maximum atomic E-state index is 13.4. The van der Waals surface area contributed by atoms with E-state index in [1.54, 1.807) is 13.1 Å². The van der Waals surface area contributed by atoms with Crippen LogP contribution in [0.2, 0.25) is 0 Å². The largest absolute Gasteiger partial charge is 0.480 e.